The van der Waals surface area contributed by atoms with Crippen LogP contribution >= 0.6 is 23.1 Å². The molecule has 196 valence electrons. The number of aliphatic imine (C=N–C) groups is 1. The van der Waals surface area contributed by atoms with Gasteiger partial charge in [-0.2, -0.15) is 18.4 Å². The number of thiophene rings is 1. The fourth-order valence-electron chi connectivity index (χ4n) is 4.20. The molecule has 0 atom stereocenters. The number of rotatable bonds is 6. The predicted octanol–water partition coefficient (Wildman–Crippen LogP) is 7.78. The minimum Gasteiger partial charge on any atom is -0.258 e. The molecule has 7 nitrogen and oxygen atoms in total. The number of alkyl halides is 3. The number of halogens is 3. The lowest BCUT2D eigenvalue weighted by Crippen LogP contribution is -2.10. The lowest BCUT2D eigenvalue weighted by Gasteiger charge is -2.11. The second kappa shape index (κ2) is 11.0. The zero-order valence-electron chi connectivity index (χ0n) is 20.1. The second-order valence-electron chi connectivity index (χ2n) is 8.63. The van der Waals surface area contributed by atoms with Gasteiger partial charge in [0.15, 0.2) is 5.16 Å². The third kappa shape index (κ3) is 5.84. The molecule has 5 rings (SSSR count). The van der Waals surface area contributed by atoms with E-state index < -0.39 is 16.8 Å². The van der Waals surface area contributed by atoms with Crippen LogP contribution in [0.1, 0.15) is 40.1 Å². The topological polar surface area (TPSA) is 105 Å². The number of benzene rings is 2. The van der Waals surface area contributed by atoms with Crippen LogP contribution in [0.5, 0.6) is 0 Å². The molecule has 39 heavy (non-hydrogen) atoms. The molecule has 2 aromatic heterocycles. The Morgan fingerprint density at radius 1 is 1.10 bits per heavy atom. The molecule has 0 N–H and O–H groups in total. The van der Waals surface area contributed by atoms with E-state index in [-0.39, 0.29) is 16.5 Å². The Balaban J connectivity index is 1.56. The Bertz CT molecular complexity index is 1630. The van der Waals surface area contributed by atoms with E-state index in [1.54, 1.807) is 30.3 Å². The molecule has 12 heteroatoms. The van der Waals surface area contributed by atoms with Crippen LogP contribution in [0.3, 0.4) is 0 Å². The summed E-state index contributed by atoms with van der Waals surface area (Å²) < 4.78 is 41.0. The first-order chi connectivity index (χ1) is 18.7. The van der Waals surface area contributed by atoms with E-state index >= 15 is 0 Å². The summed E-state index contributed by atoms with van der Waals surface area (Å²) in [7, 11) is 0. The monoisotopic (exact) mass is 565 g/mol. The Morgan fingerprint density at radius 2 is 1.87 bits per heavy atom. The number of nitriles is 1. The fraction of sp³-hybridized carbons (Fsp3) is 0.185. The molecule has 2 aromatic carbocycles. The highest BCUT2D eigenvalue weighted by atomic mass is 32.2. The molecule has 0 spiro atoms. The molecule has 0 bridgehead atoms. The molecule has 0 fully saturated rings. The summed E-state index contributed by atoms with van der Waals surface area (Å²) in [6, 6.07) is 15.5. The van der Waals surface area contributed by atoms with Crippen molar-refractivity contribution in [3.8, 4) is 17.3 Å². The molecule has 0 amide bonds. The van der Waals surface area contributed by atoms with Gasteiger partial charge in [-0.3, -0.25) is 10.1 Å². The summed E-state index contributed by atoms with van der Waals surface area (Å²) in [6.07, 6.45) is 0.411. The van der Waals surface area contributed by atoms with Crippen LogP contribution in [0.2, 0.25) is 0 Å². The van der Waals surface area contributed by atoms with E-state index in [1.165, 1.54) is 35.8 Å². The van der Waals surface area contributed by atoms with Gasteiger partial charge < -0.3 is 0 Å². The van der Waals surface area contributed by atoms with Crippen LogP contribution in [-0.4, -0.2) is 21.1 Å². The summed E-state index contributed by atoms with van der Waals surface area (Å²) >= 11 is 2.27. The van der Waals surface area contributed by atoms with Crippen molar-refractivity contribution in [3.63, 3.8) is 0 Å². The zero-order chi connectivity index (χ0) is 27.6. The molecule has 0 saturated carbocycles. The van der Waals surface area contributed by atoms with E-state index in [9.17, 15) is 28.5 Å². The van der Waals surface area contributed by atoms with Crippen molar-refractivity contribution in [2.24, 2.45) is 4.99 Å². The van der Waals surface area contributed by atoms with E-state index in [4.69, 9.17) is 0 Å². The highest BCUT2D eigenvalue weighted by molar-refractivity contribution is 7.99. The Hall–Kier alpha value is -4.08. The summed E-state index contributed by atoms with van der Waals surface area (Å²) in [5, 5.41) is 21.5. The molecule has 0 radical (unpaired) electrons. The first-order valence-corrected chi connectivity index (χ1v) is 13.4. The SMILES string of the molecule is N#Cc1c(N=Cc2cc([N+](=O)[O-])ccc2Sc2nc(-c3ccccc3)cc(C(F)(F)F)n2)sc2c1CCCC2. The van der Waals surface area contributed by atoms with E-state index in [2.05, 4.69) is 21.0 Å². The highest BCUT2D eigenvalue weighted by Gasteiger charge is 2.34. The van der Waals surface area contributed by atoms with Crippen molar-refractivity contribution in [2.75, 3.05) is 0 Å². The Morgan fingerprint density at radius 3 is 2.59 bits per heavy atom. The first-order valence-electron chi connectivity index (χ1n) is 11.8. The second-order valence-corrected chi connectivity index (χ2v) is 10.7. The quantitative estimate of drug-likeness (QED) is 0.102. The number of nitrogens with zero attached hydrogens (tertiary/aromatic N) is 5. The zero-order valence-corrected chi connectivity index (χ0v) is 21.7. The fourth-order valence-corrected chi connectivity index (χ4v) is 6.23. The van der Waals surface area contributed by atoms with Crippen molar-refractivity contribution in [1.29, 1.82) is 5.26 Å². The van der Waals surface area contributed by atoms with Crippen molar-refractivity contribution < 1.29 is 18.1 Å². The average molecular weight is 566 g/mol. The number of hydrogen-bond donors (Lipinski definition) is 0. The number of aryl methyl sites for hydroxylation is 1. The Kier molecular flexibility index (Phi) is 7.45. The van der Waals surface area contributed by atoms with Gasteiger partial charge in [0.25, 0.3) is 5.69 Å². The summed E-state index contributed by atoms with van der Waals surface area (Å²) in [5.74, 6) is 0. The third-order valence-corrected chi connectivity index (χ3v) is 8.21. The minimum atomic E-state index is -4.70. The highest BCUT2D eigenvalue weighted by Crippen LogP contribution is 2.40. The standard InChI is InChI=1S/C27H18F3N5O2S2/c28-27(29,30)24-13-21(16-6-2-1-3-7-16)33-26(34-24)39-22-11-10-18(35(36)37)12-17(22)15-32-25-20(14-31)19-8-4-5-9-23(19)38-25/h1-3,6-7,10-13,15H,4-5,8-9H2. The number of nitro benzene ring substituents is 1. The lowest BCUT2D eigenvalue weighted by molar-refractivity contribution is -0.384. The lowest BCUT2D eigenvalue weighted by atomic mass is 9.96. The molecule has 0 aliphatic heterocycles. The van der Waals surface area contributed by atoms with Gasteiger partial charge in [0.1, 0.15) is 16.8 Å². The van der Waals surface area contributed by atoms with Crippen molar-refractivity contribution in [3.05, 3.63) is 92.0 Å². The van der Waals surface area contributed by atoms with Crippen LogP contribution in [-0.2, 0) is 19.0 Å². The number of non-ortho nitro benzene ring substituents is 1. The smallest absolute Gasteiger partial charge is 0.258 e. The van der Waals surface area contributed by atoms with Gasteiger partial charge in [0.2, 0.25) is 0 Å². The number of fused-ring (bicyclic) bond motifs is 1. The summed E-state index contributed by atoms with van der Waals surface area (Å²) in [4.78, 5) is 24.9. The molecule has 1 aliphatic carbocycles. The number of aromatic nitrogens is 2. The molecule has 4 aromatic rings. The van der Waals surface area contributed by atoms with Crippen LogP contribution < -0.4 is 0 Å². The number of nitro groups is 1. The number of hydrogen-bond acceptors (Lipinski definition) is 8. The van der Waals surface area contributed by atoms with Crippen molar-refractivity contribution in [2.45, 2.75) is 41.9 Å². The minimum absolute atomic E-state index is 0.0976. The van der Waals surface area contributed by atoms with Gasteiger partial charge in [0.05, 0.1) is 16.2 Å². The maximum Gasteiger partial charge on any atom is 0.433 e. The van der Waals surface area contributed by atoms with E-state index in [0.717, 1.165) is 54.0 Å². The molecule has 2 heterocycles. The molecule has 1 aliphatic rings. The van der Waals surface area contributed by atoms with Gasteiger partial charge in [-0.05, 0) is 55.1 Å². The maximum absolute atomic E-state index is 13.7. The van der Waals surface area contributed by atoms with Gasteiger partial charge in [-0.25, -0.2) is 15.0 Å². The van der Waals surface area contributed by atoms with Gasteiger partial charge >= 0.3 is 6.18 Å². The molecular formula is C27H18F3N5O2S2. The normalized spacial score (nSPS) is 13.3. The van der Waals surface area contributed by atoms with Gasteiger partial charge in [0, 0.05) is 39.2 Å². The van der Waals surface area contributed by atoms with Crippen molar-refractivity contribution in [1.82, 2.24) is 9.97 Å². The third-order valence-electron chi connectivity index (χ3n) is 6.06. The summed E-state index contributed by atoms with van der Waals surface area (Å²) in [6.45, 7) is 0. The molecular weight excluding hydrogens is 547 g/mol. The van der Waals surface area contributed by atoms with E-state index in [1.807, 2.05) is 0 Å². The Labute approximate surface area is 229 Å². The van der Waals surface area contributed by atoms with Crippen LogP contribution in [0.25, 0.3) is 11.3 Å². The first kappa shape index (κ1) is 26.5. The van der Waals surface area contributed by atoms with Crippen LogP contribution in [0.4, 0.5) is 23.9 Å². The van der Waals surface area contributed by atoms with E-state index in [0.29, 0.717) is 26.6 Å². The summed E-state index contributed by atoms with van der Waals surface area (Å²) in [5.41, 5.74) is 1.08. The van der Waals surface area contributed by atoms with Crippen molar-refractivity contribution >= 4 is 40.0 Å². The predicted molar refractivity (Wildman–Crippen MR) is 143 cm³/mol. The molecule has 0 saturated heterocycles. The van der Waals surface area contributed by atoms with Crippen LogP contribution in [0, 0.1) is 21.4 Å². The largest absolute Gasteiger partial charge is 0.433 e. The molecule has 0 unspecified atom stereocenters. The maximum atomic E-state index is 13.7. The van der Waals surface area contributed by atoms with Gasteiger partial charge in [-0.1, -0.05) is 30.3 Å². The van der Waals surface area contributed by atoms with Gasteiger partial charge in [-0.15, -0.1) is 11.3 Å². The average Bonchev–Trinajstić information content (AvgIpc) is 3.29. The van der Waals surface area contributed by atoms with Crippen LogP contribution in [0.15, 0.2) is 69.6 Å².